The molecular weight excluding hydrogens is 186 g/mol. The summed E-state index contributed by atoms with van der Waals surface area (Å²) in [4.78, 5) is 2.31. The molecule has 15 heavy (non-hydrogen) atoms. The predicted molar refractivity (Wildman–Crippen MR) is 63.1 cm³/mol. The molecule has 82 valence electrons. The highest BCUT2D eigenvalue weighted by molar-refractivity contribution is 5.55. The fourth-order valence-electron chi connectivity index (χ4n) is 2.16. The maximum atomic E-state index is 9.34. The normalized spacial score (nSPS) is 16.2. The number of anilines is 1. The fourth-order valence-corrected chi connectivity index (χ4v) is 2.16. The van der Waals surface area contributed by atoms with Gasteiger partial charge in [0.1, 0.15) is 0 Å². The smallest absolute Gasteiger partial charge is 0.0702 e. The van der Waals surface area contributed by atoms with Gasteiger partial charge in [0.25, 0.3) is 0 Å². The van der Waals surface area contributed by atoms with E-state index in [9.17, 15) is 5.11 Å². The van der Waals surface area contributed by atoms with Crippen molar-refractivity contribution in [2.45, 2.75) is 38.8 Å². The lowest BCUT2D eigenvalue weighted by Crippen LogP contribution is -2.37. The van der Waals surface area contributed by atoms with Crippen LogP contribution in [0.25, 0.3) is 0 Å². The number of hydrogen-bond acceptors (Lipinski definition) is 2. The molecule has 0 spiro atoms. The Hall–Kier alpha value is -1.02. The zero-order chi connectivity index (χ0) is 10.8. The van der Waals surface area contributed by atoms with Crippen molar-refractivity contribution in [2.75, 3.05) is 11.9 Å². The third-order valence-electron chi connectivity index (χ3n) is 3.41. The van der Waals surface area contributed by atoms with Crippen LogP contribution in [0, 0.1) is 6.92 Å². The summed E-state index contributed by atoms with van der Waals surface area (Å²) in [6.45, 7) is 2.19. The van der Waals surface area contributed by atoms with Crippen LogP contribution in [0.15, 0.2) is 18.2 Å². The van der Waals surface area contributed by atoms with Crippen LogP contribution in [-0.2, 0) is 6.61 Å². The molecule has 0 unspecified atom stereocenters. The molecule has 0 saturated heterocycles. The summed E-state index contributed by atoms with van der Waals surface area (Å²) in [5, 5.41) is 9.34. The van der Waals surface area contributed by atoms with E-state index in [1.54, 1.807) is 0 Å². The minimum atomic E-state index is 0.133. The van der Waals surface area contributed by atoms with E-state index in [2.05, 4.69) is 37.1 Å². The van der Waals surface area contributed by atoms with Gasteiger partial charge in [-0.15, -0.1) is 0 Å². The molecule has 2 heteroatoms. The summed E-state index contributed by atoms with van der Waals surface area (Å²) in [5.74, 6) is 0. The minimum absolute atomic E-state index is 0.133. The van der Waals surface area contributed by atoms with E-state index in [1.165, 1.54) is 30.5 Å². The van der Waals surface area contributed by atoms with Crippen molar-refractivity contribution in [3.8, 4) is 0 Å². The van der Waals surface area contributed by atoms with Gasteiger partial charge in [-0.1, -0.05) is 17.7 Å². The maximum absolute atomic E-state index is 9.34. The molecule has 1 aliphatic carbocycles. The Balaban J connectivity index is 2.25. The second kappa shape index (κ2) is 4.23. The number of aliphatic hydroxyl groups is 1. The monoisotopic (exact) mass is 205 g/mol. The Bertz CT molecular complexity index is 344. The number of nitrogens with zero attached hydrogens (tertiary/aromatic N) is 1. The van der Waals surface area contributed by atoms with Crippen molar-refractivity contribution in [2.24, 2.45) is 0 Å². The number of aliphatic hydroxyl groups excluding tert-OH is 1. The van der Waals surface area contributed by atoms with Crippen molar-refractivity contribution >= 4 is 5.69 Å². The van der Waals surface area contributed by atoms with E-state index >= 15 is 0 Å². The van der Waals surface area contributed by atoms with Gasteiger partial charge in [-0.3, -0.25) is 0 Å². The topological polar surface area (TPSA) is 23.5 Å². The second-order valence-electron chi connectivity index (χ2n) is 4.49. The Morgan fingerprint density at radius 1 is 1.40 bits per heavy atom. The molecule has 0 bridgehead atoms. The summed E-state index contributed by atoms with van der Waals surface area (Å²) >= 11 is 0. The van der Waals surface area contributed by atoms with E-state index in [-0.39, 0.29) is 6.61 Å². The van der Waals surface area contributed by atoms with Crippen molar-refractivity contribution < 1.29 is 5.11 Å². The van der Waals surface area contributed by atoms with Crippen LogP contribution in [0.4, 0.5) is 5.69 Å². The Morgan fingerprint density at radius 3 is 2.67 bits per heavy atom. The third-order valence-corrected chi connectivity index (χ3v) is 3.41. The quantitative estimate of drug-likeness (QED) is 0.819. The van der Waals surface area contributed by atoms with Gasteiger partial charge in [-0.2, -0.15) is 0 Å². The van der Waals surface area contributed by atoms with Gasteiger partial charge >= 0.3 is 0 Å². The lowest BCUT2D eigenvalue weighted by molar-refractivity contribution is 0.281. The second-order valence-corrected chi connectivity index (χ2v) is 4.49. The lowest BCUT2D eigenvalue weighted by Gasteiger charge is -2.37. The first-order chi connectivity index (χ1) is 7.22. The molecule has 0 amide bonds. The molecule has 0 radical (unpaired) electrons. The summed E-state index contributed by atoms with van der Waals surface area (Å²) < 4.78 is 0. The molecule has 2 nitrogen and oxygen atoms in total. The first-order valence-corrected chi connectivity index (χ1v) is 5.65. The van der Waals surface area contributed by atoms with Crippen LogP contribution >= 0.6 is 0 Å². The van der Waals surface area contributed by atoms with Gasteiger partial charge in [0.05, 0.1) is 6.61 Å². The highest BCUT2D eigenvalue weighted by Crippen LogP contribution is 2.30. The Labute approximate surface area is 91.5 Å². The molecule has 1 aliphatic rings. The molecular formula is C13H19NO. The SMILES string of the molecule is Cc1ccc(N(C)C2CCC2)c(CO)c1. The van der Waals surface area contributed by atoms with Gasteiger partial charge < -0.3 is 10.0 Å². The fraction of sp³-hybridized carbons (Fsp3) is 0.538. The molecule has 1 saturated carbocycles. The summed E-state index contributed by atoms with van der Waals surface area (Å²) in [7, 11) is 2.13. The van der Waals surface area contributed by atoms with Gasteiger partial charge in [0, 0.05) is 24.3 Å². The van der Waals surface area contributed by atoms with E-state index < -0.39 is 0 Å². The van der Waals surface area contributed by atoms with Gasteiger partial charge in [-0.25, -0.2) is 0 Å². The molecule has 0 heterocycles. The minimum Gasteiger partial charge on any atom is -0.392 e. The van der Waals surface area contributed by atoms with E-state index in [1.807, 2.05) is 0 Å². The molecule has 1 N–H and O–H groups in total. The Morgan fingerprint density at radius 2 is 2.13 bits per heavy atom. The van der Waals surface area contributed by atoms with Crippen molar-refractivity contribution in [1.82, 2.24) is 0 Å². The third kappa shape index (κ3) is 2.00. The highest BCUT2D eigenvalue weighted by atomic mass is 16.3. The first-order valence-electron chi connectivity index (χ1n) is 5.65. The van der Waals surface area contributed by atoms with Crippen LogP contribution < -0.4 is 4.90 Å². The molecule has 1 aromatic carbocycles. The zero-order valence-electron chi connectivity index (χ0n) is 9.53. The van der Waals surface area contributed by atoms with Crippen LogP contribution in [0.3, 0.4) is 0 Å². The molecule has 0 atom stereocenters. The van der Waals surface area contributed by atoms with Gasteiger partial charge in [0.15, 0.2) is 0 Å². The van der Waals surface area contributed by atoms with E-state index in [0.717, 1.165) is 5.56 Å². The van der Waals surface area contributed by atoms with Crippen LogP contribution in [0.1, 0.15) is 30.4 Å². The van der Waals surface area contributed by atoms with Gasteiger partial charge in [0.2, 0.25) is 0 Å². The average Bonchev–Trinajstić information content (AvgIpc) is 2.14. The van der Waals surface area contributed by atoms with E-state index in [0.29, 0.717) is 6.04 Å². The van der Waals surface area contributed by atoms with Crippen LogP contribution in [0.5, 0.6) is 0 Å². The number of benzene rings is 1. The summed E-state index contributed by atoms with van der Waals surface area (Å²) in [6, 6.07) is 6.99. The van der Waals surface area contributed by atoms with Crippen LogP contribution in [-0.4, -0.2) is 18.2 Å². The van der Waals surface area contributed by atoms with E-state index in [4.69, 9.17) is 0 Å². The van der Waals surface area contributed by atoms with Crippen LogP contribution in [0.2, 0.25) is 0 Å². The zero-order valence-corrected chi connectivity index (χ0v) is 9.53. The van der Waals surface area contributed by atoms with Gasteiger partial charge in [-0.05, 0) is 32.3 Å². The Kier molecular flexibility index (Phi) is 2.96. The first kappa shape index (κ1) is 10.5. The average molecular weight is 205 g/mol. The largest absolute Gasteiger partial charge is 0.392 e. The molecule has 2 rings (SSSR count). The summed E-state index contributed by atoms with van der Waals surface area (Å²) in [5.41, 5.74) is 3.45. The maximum Gasteiger partial charge on any atom is 0.0702 e. The van der Waals surface area contributed by atoms with Crippen molar-refractivity contribution in [1.29, 1.82) is 0 Å². The van der Waals surface area contributed by atoms with Crippen molar-refractivity contribution in [3.63, 3.8) is 0 Å². The number of rotatable bonds is 3. The molecule has 0 aromatic heterocycles. The molecule has 1 fully saturated rings. The number of aryl methyl sites for hydroxylation is 1. The highest BCUT2D eigenvalue weighted by Gasteiger charge is 2.23. The van der Waals surface area contributed by atoms with Crippen molar-refractivity contribution in [3.05, 3.63) is 29.3 Å². The number of hydrogen-bond donors (Lipinski definition) is 1. The standard InChI is InChI=1S/C13H19NO/c1-10-6-7-13(11(8-10)9-15)14(2)12-4-3-5-12/h6-8,12,15H,3-5,9H2,1-2H3. The molecule has 0 aliphatic heterocycles. The summed E-state index contributed by atoms with van der Waals surface area (Å²) in [6.07, 6.45) is 3.92. The molecule has 1 aromatic rings. The lowest BCUT2D eigenvalue weighted by atomic mass is 9.91. The predicted octanol–water partition coefficient (Wildman–Crippen LogP) is 2.48.